The molecule has 1 heterocycles. The standard InChI is InChI=1S/C18H24N2O/c21-18(15-7-3-1-4-8-15)19-16-9-11-17(12-10-16)20-13-5-2-6-14-20/h1,3,9-12,15H,2,4-8,13-14H2,(H,19,21). The van der Waals surface area contributed by atoms with E-state index in [1.165, 1.54) is 24.9 Å². The zero-order chi connectivity index (χ0) is 14.5. The van der Waals surface area contributed by atoms with E-state index in [0.29, 0.717) is 0 Å². The van der Waals surface area contributed by atoms with E-state index in [-0.39, 0.29) is 11.8 Å². The molecule has 0 radical (unpaired) electrons. The van der Waals surface area contributed by atoms with Crippen molar-refractivity contribution in [3.8, 4) is 0 Å². The van der Waals surface area contributed by atoms with Crippen LogP contribution < -0.4 is 10.2 Å². The van der Waals surface area contributed by atoms with Gasteiger partial charge < -0.3 is 10.2 Å². The van der Waals surface area contributed by atoms with Crippen LogP contribution in [0.1, 0.15) is 38.5 Å². The van der Waals surface area contributed by atoms with Gasteiger partial charge in [-0.15, -0.1) is 0 Å². The van der Waals surface area contributed by atoms with Crippen LogP contribution in [-0.4, -0.2) is 19.0 Å². The molecule has 3 rings (SSSR count). The van der Waals surface area contributed by atoms with Crippen LogP contribution in [0, 0.1) is 5.92 Å². The third kappa shape index (κ3) is 3.66. The Labute approximate surface area is 127 Å². The third-order valence-electron chi connectivity index (χ3n) is 4.50. The fourth-order valence-electron chi connectivity index (χ4n) is 3.18. The molecule has 3 nitrogen and oxygen atoms in total. The van der Waals surface area contributed by atoms with Crippen LogP contribution in [0.5, 0.6) is 0 Å². The lowest BCUT2D eigenvalue weighted by molar-refractivity contribution is -0.120. The van der Waals surface area contributed by atoms with Crippen LogP contribution in [-0.2, 0) is 4.79 Å². The van der Waals surface area contributed by atoms with Gasteiger partial charge in [-0.1, -0.05) is 12.2 Å². The molecular formula is C18H24N2O. The number of nitrogens with one attached hydrogen (secondary N) is 1. The van der Waals surface area contributed by atoms with E-state index in [1.54, 1.807) is 0 Å². The average molecular weight is 284 g/mol. The summed E-state index contributed by atoms with van der Waals surface area (Å²) in [7, 11) is 0. The lowest BCUT2D eigenvalue weighted by Crippen LogP contribution is -2.29. The topological polar surface area (TPSA) is 32.3 Å². The number of benzene rings is 1. The third-order valence-corrected chi connectivity index (χ3v) is 4.50. The first-order chi connectivity index (χ1) is 10.3. The van der Waals surface area contributed by atoms with Gasteiger partial charge >= 0.3 is 0 Å². The molecule has 3 heteroatoms. The summed E-state index contributed by atoms with van der Waals surface area (Å²) in [5.41, 5.74) is 2.18. The minimum absolute atomic E-state index is 0.136. The van der Waals surface area contributed by atoms with E-state index < -0.39 is 0 Å². The van der Waals surface area contributed by atoms with Gasteiger partial charge in [0.1, 0.15) is 0 Å². The van der Waals surface area contributed by atoms with Crippen LogP contribution >= 0.6 is 0 Å². The van der Waals surface area contributed by atoms with Crippen molar-refractivity contribution in [2.75, 3.05) is 23.3 Å². The van der Waals surface area contributed by atoms with Crippen molar-refractivity contribution >= 4 is 17.3 Å². The second-order valence-electron chi connectivity index (χ2n) is 6.07. The molecule has 0 spiro atoms. The van der Waals surface area contributed by atoms with Crippen molar-refractivity contribution in [3.63, 3.8) is 0 Å². The van der Waals surface area contributed by atoms with Gasteiger partial charge in [-0.25, -0.2) is 0 Å². The first kappa shape index (κ1) is 14.2. The van der Waals surface area contributed by atoms with Crippen molar-refractivity contribution in [2.24, 2.45) is 5.92 Å². The summed E-state index contributed by atoms with van der Waals surface area (Å²) >= 11 is 0. The Bertz CT molecular complexity index is 500. The minimum Gasteiger partial charge on any atom is -0.372 e. The highest BCUT2D eigenvalue weighted by atomic mass is 16.1. The summed E-state index contributed by atoms with van der Waals surface area (Å²) in [6.07, 6.45) is 11.1. The number of hydrogen-bond donors (Lipinski definition) is 1. The van der Waals surface area contributed by atoms with E-state index in [9.17, 15) is 4.79 Å². The number of nitrogens with zero attached hydrogens (tertiary/aromatic N) is 1. The Morgan fingerprint density at radius 3 is 2.48 bits per heavy atom. The molecule has 1 N–H and O–H groups in total. The second kappa shape index (κ2) is 6.79. The van der Waals surface area contributed by atoms with Gasteiger partial charge in [0.25, 0.3) is 0 Å². The molecular weight excluding hydrogens is 260 g/mol. The van der Waals surface area contributed by atoms with E-state index in [2.05, 4.69) is 34.5 Å². The first-order valence-corrected chi connectivity index (χ1v) is 8.14. The quantitative estimate of drug-likeness (QED) is 0.852. The number of rotatable bonds is 3. The Morgan fingerprint density at radius 2 is 1.81 bits per heavy atom. The van der Waals surface area contributed by atoms with E-state index >= 15 is 0 Å². The molecule has 1 aromatic rings. The maximum absolute atomic E-state index is 12.2. The van der Waals surface area contributed by atoms with Crippen molar-refractivity contribution in [1.29, 1.82) is 0 Å². The molecule has 1 aliphatic carbocycles. The maximum Gasteiger partial charge on any atom is 0.227 e. The van der Waals surface area contributed by atoms with E-state index in [1.807, 2.05) is 12.1 Å². The number of piperidine rings is 1. The van der Waals surface area contributed by atoms with Crippen LogP contribution in [0.25, 0.3) is 0 Å². The van der Waals surface area contributed by atoms with Gasteiger partial charge in [0.05, 0.1) is 0 Å². The average Bonchev–Trinajstić information content (AvgIpc) is 2.57. The highest BCUT2D eigenvalue weighted by molar-refractivity contribution is 5.92. The van der Waals surface area contributed by atoms with Crippen molar-refractivity contribution < 1.29 is 4.79 Å². The first-order valence-electron chi connectivity index (χ1n) is 8.14. The Hall–Kier alpha value is -1.77. The fourth-order valence-corrected chi connectivity index (χ4v) is 3.18. The molecule has 1 aromatic carbocycles. The van der Waals surface area contributed by atoms with E-state index in [4.69, 9.17) is 0 Å². The molecule has 21 heavy (non-hydrogen) atoms. The Kier molecular flexibility index (Phi) is 4.59. The molecule has 1 saturated heterocycles. The van der Waals surface area contributed by atoms with Crippen LogP contribution in [0.15, 0.2) is 36.4 Å². The summed E-state index contributed by atoms with van der Waals surface area (Å²) in [6, 6.07) is 8.31. The number of allylic oxidation sites excluding steroid dienone is 2. The summed E-state index contributed by atoms with van der Waals surface area (Å²) in [4.78, 5) is 14.6. The monoisotopic (exact) mass is 284 g/mol. The van der Waals surface area contributed by atoms with Crippen LogP contribution in [0.2, 0.25) is 0 Å². The molecule has 112 valence electrons. The van der Waals surface area contributed by atoms with Gasteiger partial charge in [-0.05, 0) is 62.8 Å². The van der Waals surface area contributed by atoms with Gasteiger partial charge in [0.15, 0.2) is 0 Å². The van der Waals surface area contributed by atoms with Crippen LogP contribution in [0.4, 0.5) is 11.4 Å². The summed E-state index contributed by atoms with van der Waals surface area (Å²) < 4.78 is 0. The highest BCUT2D eigenvalue weighted by Gasteiger charge is 2.18. The molecule has 1 atom stereocenters. The Balaban J connectivity index is 1.58. The van der Waals surface area contributed by atoms with Crippen molar-refractivity contribution in [2.45, 2.75) is 38.5 Å². The zero-order valence-corrected chi connectivity index (χ0v) is 12.6. The van der Waals surface area contributed by atoms with Gasteiger partial charge in [0, 0.05) is 30.4 Å². The maximum atomic E-state index is 12.2. The lowest BCUT2D eigenvalue weighted by atomic mass is 9.93. The predicted octanol–water partition coefficient (Wildman–Crippen LogP) is 3.97. The zero-order valence-electron chi connectivity index (χ0n) is 12.6. The van der Waals surface area contributed by atoms with Crippen molar-refractivity contribution in [1.82, 2.24) is 0 Å². The molecule has 1 aliphatic heterocycles. The minimum atomic E-state index is 0.136. The molecule has 0 bridgehead atoms. The molecule has 0 saturated carbocycles. The van der Waals surface area contributed by atoms with E-state index in [0.717, 1.165) is 38.0 Å². The SMILES string of the molecule is O=C(Nc1ccc(N2CCCCC2)cc1)C1CC=CCC1. The summed E-state index contributed by atoms with van der Waals surface area (Å²) in [5.74, 6) is 0.293. The van der Waals surface area contributed by atoms with Gasteiger partial charge in [-0.2, -0.15) is 0 Å². The van der Waals surface area contributed by atoms with Crippen molar-refractivity contribution in [3.05, 3.63) is 36.4 Å². The number of anilines is 2. The smallest absolute Gasteiger partial charge is 0.227 e. The summed E-state index contributed by atoms with van der Waals surface area (Å²) in [6.45, 7) is 2.31. The largest absolute Gasteiger partial charge is 0.372 e. The molecule has 1 unspecified atom stereocenters. The second-order valence-corrected chi connectivity index (χ2v) is 6.07. The van der Waals surface area contributed by atoms with Crippen LogP contribution in [0.3, 0.4) is 0 Å². The molecule has 1 fully saturated rings. The van der Waals surface area contributed by atoms with Gasteiger partial charge in [-0.3, -0.25) is 4.79 Å². The summed E-state index contributed by atoms with van der Waals surface area (Å²) in [5, 5.41) is 3.05. The molecule has 2 aliphatic rings. The fraction of sp³-hybridized carbons (Fsp3) is 0.500. The van der Waals surface area contributed by atoms with Gasteiger partial charge in [0.2, 0.25) is 5.91 Å². The number of hydrogen-bond acceptors (Lipinski definition) is 2. The predicted molar refractivity (Wildman–Crippen MR) is 87.6 cm³/mol. The normalized spacial score (nSPS) is 22.1. The number of amides is 1. The number of carbonyl (C=O) groups is 1. The number of carbonyl (C=O) groups excluding carboxylic acids is 1. The molecule has 0 aromatic heterocycles. The Morgan fingerprint density at radius 1 is 1.05 bits per heavy atom. The highest BCUT2D eigenvalue weighted by Crippen LogP contribution is 2.23. The lowest BCUT2D eigenvalue weighted by Gasteiger charge is -2.29. The molecule has 1 amide bonds.